The predicted octanol–water partition coefficient (Wildman–Crippen LogP) is 2.16. The lowest BCUT2D eigenvalue weighted by molar-refractivity contribution is -0.168. The third kappa shape index (κ3) is 5.58. The molecule has 0 aliphatic carbocycles. The Balaban J connectivity index is 0.000000194. The minimum Gasteiger partial charge on any atom is -0.361 e. The lowest BCUT2D eigenvalue weighted by atomic mass is 10.4. The van der Waals surface area contributed by atoms with Gasteiger partial charge in [0.25, 0.3) is 5.78 Å². The lowest BCUT2D eigenvalue weighted by Gasteiger charge is -2.06. The van der Waals surface area contributed by atoms with Gasteiger partial charge in [0.05, 0.1) is 18.9 Å². The Kier molecular flexibility index (Phi) is 5.87. The molecule has 14 heteroatoms. The van der Waals surface area contributed by atoms with Crippen molar-refractivity contribution in [2.45, 2.75) is 12.4 Å². The number of carbonyl (C=O) groups is 1. The number of alkyl halides is 6. The van der Waals surface area contributed by atoms with Crippen LogP contribution < -0.4 is 5.32 Å². The lowest BCUT2D eigenvalue weighted by Crippen LogP contribution is -2.29. The van der Waals surface area contributed by atoms with E-state index < -0.39 is 30.5 Å². The van der Waals surface area contributed by atoms with Crippen LogP contribution in [0, 0.1) is 0 Å². The first kappa shape index (κ1) is 20.0. The van der Waals surface area contributed by atoms with E-state index in [1.807, 2.05) is 0 Å². The zero-order chi connectivity index (χ0) is 20.1. The summed E-state index contributed by atoms with van der Waals surface area (Å²) < 4.78 is 72.6. The highest BCUT2D eigenvalue weighted by molar-refractivity contribution is 5.87. The molecule has 0 bridgehead atoms. The molecule has 144 valence electrons. The van der Waals surface area contributed by atoms with Gasteiger partial charge < -0.3 is 5.32 Å². The molecule has 0 aromatic carbocycles. The van der Waals surface area contributed by atoms with Crippen LogP contribution >= 0.6 is 0 Å². The number of hydrogen-bond donors (Lipinski definition) is 1. The topological polar surface area (TPSA) is 98.0 Å². The summed E-state index contributed by atoms with van der Waals surface area (Å²) in [5, 5.41) is 8.54. The minimum absolute atomic E-state index is 0.0785. The van der Waals surface area contributed by atoms with Crippen LogP contribution in [-0.2, 0) is 11.0 Å². The Bertz CT molecular complexity index is 893. The summed E-state index contributed by atoms with van der Waals surface area (Å²) in [6.45, 7) is -0.831. The second kappa shape index (κ2) is 7.92. The second-order valence-corrected chi connectivity index (χ2v) is 4.69. The van der Waals surface area contributed by atoms with E-state index in [1.165, 1.54) is 31.0 Å². The molecule has 0 aliphatic rings. The van der Waals surface area contributed by atoms with Gasteiger partial charge in [-0.3, -0.25) is 19.2 Å². The van der Waals surface area contributed by atoms with E-state index in [9.17, 15) is 31.1 Å². The molecule has 3 heterocycles. The second-order valence-electron chi connectivity index (χ2n) is 4.69. The fourth-order valence-electron chi connectivity index (χ4n) is 1.61. The zero-order valence-corrected chi connectivity index (χ0v) is 13.0. The Labute approximate surface area is 146 Å². The standard InChI is InChI=1S/C7H6F3N3O.C6H3F3N4/c8-7(9,10)5(14)3-13-6-4-11-1-2-12-6;7-6(8,9)5-12-11-4-3-10-1-2-13(4)5/h1-2,4H,3H2,(H,12,13);1-3H. The van der Waals surface area contributed by atoms with Crippen LogP contribution in [0.4, 0.5) is 32.2 Å². The summed E-state index contributed by atoms with van der Waals surface area (Å²) in [7, 11) is 0. The van der Waals surface area contributed by atoms with E-state index in [0.29, 0.717) is 0 Å². The van der Waals surface area contributed by atoms with E-state index in [1.54, 1.807) is 0 Å². The summed E-state index contributed by atoms with van der Waals surface area (Å²) in [6.07, 6.45) is -1.78. The van der Waals surface area contributed by atoms with Crippen molar-refractivity contribution in [2.75, 3.05) is 11.9 Å². The number of halogens is 6. The Morgan fingerprint density at radius 1 is 1.00 bits per heavy atom. The molecule has 0 saturated heterocycles. The van der Waals surface area contributed by atoms with Gasteiger partial charge >= 0.3 is 12.4 Å². The van der Waals surface area contributed by atoms with Crippen LogP contribution in [0.3, 0.4) is 0 Å². The molecule has 0 unspecified atom stereocenters. The Morgan fingerprint density at radius 2 is 1.70 bits per heavy atom. The number of rotatable bonds is 3. The summed E-state index contributed by atoms with van der Waals surface area (Å²) in [5.41, 5.74) is 0.0785. The molecule has 3 rings (SSSR count). The molecule has 8 nitrogen and oxygen atoms in total. The van der Waals surface area contributed by atoms with Crippen LogP contribution in [0.25, 0.3) is 5.65 Å². The maximum absolute atomic E-state index is 12.2. The number of nitrogens with one attached hydrogen (secondary N) is 1. The Hall–Kier alpha value is -3.32. The molecule has 0 amide bonds. The number of Topliss-reactive ketones (excluding diaryl/α,β-unsaturated/α-hetero) is 1. The maximum atomic E-state index is 12.2. The van der Waals surface area contributed by atoms with E-state index in [2.05, 4.69) is 30.5 Å². The maximum Gasteiger partial charge on any atom is 0.452 e. The van der Waals surface area contributed by atoms with Crippen molar-refractivity contribution < 1.29 is 31.1 Å². The van der Waals surface area contributed by atoms with Crippen molar-refractivity contribution in [1.29, 1.82) is 0 Å². The van der Waals surface area contributed by atoms with Gasteiger partial charge in [0.1, 0.15) is 5.82 Å². The van der Waals surface area contributed by atoms with Crippen molar-refractivity contribution >= 4 is 17.2 Å². The summed E-state index contributed by atoms with van der Waals surface area (Å²) >= 11 is 0. The first-order valence-corrected chi connectivity index (χ1v) is 6.91. The highest BCUT2D eigenvalue weighted by atomic mass is 19.4. The number of ketones is 1. The Morgan fingerprint density at radius 3 is 2.30 bits per heavy atom. The molecule has 0 atom stereocenters. The van der Waals surface area contributed by atoms with Gasteiger partial charge in [-0.2, -0.15) is 26.3 Å². The summed E-state index contributed by atoms with van der Waals surface area (Å²) in [5.74, 6) is -2.75. The van der Waals surface area contributed by atoms with Gasteiger partial charge in [0.15, 0.2) is 5.65 Å². The molecule has 3 aromatic heterocycles. The number of fused-ring (bicyclic) bond motifs is 1. The third-order valence-corrected chi connectivity index (χ3v) is 2.78. The van der Waals surface area contributed by atoms with E-state index in [4.69, 9.17) is 0 Å². The third-order valence-electron chi connectivity index (χ3n) is 2.78. The molecule has 3 aromatic rings. The average Bonchev–Trinajstić information content (AvgIpc) is 3.05. The van der Waals surface area contributed by atoms with Gasteiger partial charge in [0.2, 0.25) is 5.82 Å². The molecular weight excluding hydrogens is 384 g/mol. The minimum atomic E-state index is -4.81. The number of anilines is 1. The monoisotopic (exact) mass is 393 g/mol. The van der Waals surface area contributed by atoms with Crippen LogP contribution in [0.2, 0.25) is 0 Å². The number of hydrogen-bond acceptors (Lipinski definition) is 7. The van der Waals surface area contributed by atoms with E-state index >= 15 is 0 Å². The zero-order valence-electron chi connectivity index (χ0n) is 13.0. The van der Waals surface area contributed by atoms with Crippen molar-refractivity contribution in [3.63, 3.8) is 0 Å². The van der Waals surface area contributed by atoms with Crippen LogP contribution in [-0.4, -0.2) is 48.1 Å². The molecular formula is C13H9F6N7O. The largest absolute Gasteiger partial charge is 0.452 e. The number of carbonyl (C=O) groups excluding carboxylic acids is 1. The molecule has 27 heavy (non-hydrogen) atoms. The van der Waals surface area contributed by atoms with Gasteiger partial charge in [-0.05, 0) is 0 Å². The summed E-state index contributed by atoms with van der Waals surface area (Å²) in [4.78, 5) is 21.3. The van der Waals surface area contributed by atoms with Gasteiger partial charge in [-0.15, -0.1) is 10.2 Å². The first-order chi connectivity index (χ1) is 12.6. The first-order valence-electron chi connectivity index (χ1n) is 6.91. The van der Waals surface area contributed by atoms with Crippen molar-refractivity contribution in [3.05, 3.63) is 43.0 Å². The van der Waals surface area contributed by atoms with Crippen LogP contribution in [0.15, 0.2) is 37.2 Å². The molecule has 0 spiro atoms. The van der Waals surface area contributed by atoms with Gasteiger partial charge in [-0.1, -0.05) is 0 Å². The highest BCUT2D eigenvalue weighted by Crippen LogP contribution is 2.27. The van der Waals surface area contributed by atoms with Crippen LogP contribution in [0.5, 0.6) is 0 Å². The molecule has 0 fully saturated rings. The predicted molar refractivity (Wildman–Crippen MR) is 77.4 cm³/mol. The number of aromatic nitrogens is 6. The van der Waals surface area contributed by atoms with E-state index in [0.717, 1.165) is 10.6 Å². The smallest absolute Gasteiger partial charge is 0.361 e. The number of nitrogens with zero attached hydrogens (tertiary/aromatic N) is 6. The average molecular weight is 393 g/mol. The van der Waals surface area contributed by atoms with E-state index in [-0.39, 0.29) is 11.5 Å². The quantitative estimate of drug-likeness (QED) is 0.681. The molecule has 0 radical (unpaired) electrons. The fourth-order valence-corrected chi connectivity index (χ4v) is 1.61. The molecule has 0 saturated carbocycles. The SMILES string of the molecule is FC(F)(F)c1nnc2cnccn12.O=C(CNc1cnccn1)C(F)(F)F. The van der Waals surface area contributed by atoms with Crippen molar-refractivity contribution in [1.82, 2.24) is 29.5 Å². The van der Waals surface area contributed by atoms with Crippen molar-refractivity contribution in [2.24, 2.45) is 0 Å². The van der Waals surface area contributed by atoms with Crippen molar-refractivity contribution in [3.8, 4) is 0 Å². The fraction of sp³-hybridized carbons (Fsp3) is 0.231. The summed E-state index contributed by atoms with van der Waals surface area (Å²) in [6, 6.07) is 0. The van der Waals surface area contributed by atoms with Gasteiger partial charge in [0, 0.05) is 24.8 Å². The molecule has 0 aliphatic heterocycles. The highest BCUT2D eigenvalue weighted by Gasteiger charge is 2.38. The normalized spacial score (nSPS) is 11.6. The molecule has 1 N–H and O–H groups in total. The van der Waals surface area contributed by atoms with Crippen LogP contribution in [0.1, 0.15) is 5.82 Å². The van der Waals surface area contributed by atoms with Gasteiger partial charge in [-0.25, -0.2) is 4.98 Å².